The van der Waals surface area contributed by atoms with Crippen LogP contribution >= 0.6 is 27.5 Å². The highest BCUT2D eigenvalue weighted by atomic mass is 79.9. The van der Waals surface area contributed by atoms with Gasteiger partial charge in [-0.1, -0.05) is 52.3 Å². The third-order valence-electron chi connectivity index (χ3n) is 2.70. The lowest BCUT2D eigenvalue weighted by Crippen LogP contribution is -2.20. The van der Waals surface area contributed by atoms with Crippen LogP contribution in [0.1, 0.15) is 16.8 Å². The molecule has 0 bridgehead atoms. The smallest absolute Gasteiger partial charge is 0.387 e. The Morgan fingerprint density at radius 1 is 1.35 bits per heavy atom. The van der Waals surface area contributed by atoms with Crippen molar-refractivity contribution in [3.05, 3.63) is 59.4 Å². The number of benzene rings is 1. The molecular formula is C14H10BrClF2O2. The fourth-order valence-corrected chi connectivity index (χ4v) is 2.40. The molecule has 0 N–H and O–H groups in total. The lowest BCUT2D eigenvalue weighted by molar-refractivity contribution is -0.0991. The third kappa shape index (κ3) is 3.67. The molecule has 0 radical (unpaired) electrons. The molecule has 1 aliphatic carbocycles. The molecule has 1 aromatic rings. The highest BCUT2D eigenvalue weighted by molar-refractivity contribution is 9.10. The van der Waals surface area contributed by atoms with Crippen LogP contribution in [0.25, 0.3) is 0 Å². The van der Waals surface area contributed by atoms with Gasteiger partial charge in [-0.05, 0) is 6.08 Å². The summed E-state index contributed by atoms with van der Waals surface area (Å²) < 4.78 is 28.3. The Labute approximate surface area is 128 Å². The van der Waals surface area contributed by atoms with Gasteiger partial charge in [0.25, 0.3) is 0 Å². The van der Waals surface area contributed by atoms with Crippen molar-refractivity contribution in [1.82, 2.24) is 0 Å². The number of carbonyl (C=O) groups excluding carboxylic acids is 1. The second-order valence-corrected chi connectivity index (χ2v) is 6.73. The van der Waals surface area contributed by atoms with E-state index in [4.69, 9.17) is 11.6 Å². The zero-order valence-electron chi connectivity index (χ0n) is 10.2. The van der Waals surface area contributed by atoms with Gasteiger partial charge in [0.15, 0.2) is 5.78 Å². The van der Waals surface area contributed by atoms with Crippen LogP contribution in [0.15, 0.2) is 53.8 Å². The van der Waals surface area contributed by atoms with Crippen LogP contribution in [0.4, 0.5) is 8.78 Å². The average molecular weight is 364 g/mol. The molecule has 0 saturated carbocycles. The minimum atomic E-state index is -3.00. The van der Waals surface area contributed by atoms with Crippen LogP contribution in [0.3, 0.4) is 0 Å². The van der Waals surface area contributed by atoms with Crippen molar-refractivity contribution in [1.29, 1.82) is 0 Å². The number of allylic oxidation sites excluding steroid dienone is 4. The quantitative estimate of drug-likeness (QED) is 0.575. The normalized spacial score (nSPS) is 22.2. The van der Waals surface area contributed by atoms with Crippen LogP contribution in [-0.4, -0.2) is 16.2 Å². The summed E-state index contributed by atoms with van der Waals surface area (Å²) in [5, 5.41) is 0. The largest absolute Gasteiger partial charge is 0.438 e. The van der Waals surface area contributed by atoms with Gasteiger partial charge >= 0.3 is 6.61 Å². The van der Waals surface area contributed by atoms with Crippen molar-refractivity contribution in [2.75, 3.05) is 0 Å². The van der Waals surface area contributed by atoms with E-state index in [0.29, 0.717) is 5.56 Å². The van der Waals surface area contributed by atoms with Gasteiger partial charge in [0.05, 0.1) is 5.57 Å². The van der Waals surface area contributed by atoms with Crippen molar-refractivity contribution in [3.63, 3.8) is 0 Å². The maximum atomic E-state index is 12.5. The van der Waals surface area contributed by atoms with E-state index in [-0.39, 0.29) is 23.5 Å². The number of ether oxygens (including phenoxy) is 1. The van der Waals surface area contributed by atoms with E-state index in [0.717, 1.165) is 0 Å². The van der Waals surface area contributed by atoms with Gasteiger partial charge in [-0.3, -0.25) is 4.79 Å². The summed E-state index contributed by atoms with van der Waals surface area (Å²) >= 11 is 9.19. The third-order valence-corrected chi connectivity index (χ3v) is 3.51. The van der Waals surface area contributed by atoms with Gasteiger partial charge in [0.2, 0.25) is 0 Å². The van der Waals surface area contributed by atoms with Crippen LogP contribution in [0.2, 0.25) is 0 Å². The lowest BCUT2D eigenvalue weighted by Gasteiger charge is -2.24. The number of alkyl halides is 4. The summed E-state index contributed by atoms with van der Waals surface area (Å²) in [6.45, 7) is -3.00. The lowest BCUT2D eigenvalue weighted by atomic mass is 9.96. The molecule has 1 unspecified atom stereocenters. The van der Waals surface area contributed by atoms with Crippen molar-refractivity contribution in [3.8, 4) is 0 Å². The molecule has 2 nitrogen and oxygen atoms in total. The molecule has 0 saturated heterocycles. The minimum Gasteiger partial charge on any atom is -0.438 e. The molecule has 0 fully saturated rings. The van der Waals surface area contributed by atoms with Crippen LogP contribution in [-0.2, 0) is 4.74 Å². The summed E-state index contributed by atoms with van der Waals surface area (Å²) in [6.07, 6.45) is 2.89. The number of carbonyl (C=O) groups is 1. The topological polar surface area (TPSA) is 26.3 Å². The first-order valence-electron chi connectivity index (χ1n) is 5.74. The van der Waals surface area contributed by atoms with Gasteiger partial charge < -0.3 is 4.74 Å². The SMILES string of the molecule is O=C(C1=C(OC(F)F)CC(Cl)(Br)C=C1)c1ccccc1. The van der Waals surface area contributed by atoms with E-state index >= 15 is 0 Å². The first-order valence-corrected chi connectivity index (χ1v) is 6.91. The van der Waals surface area contributed by atoms with Crippen molar-refractivity contribution >= 4 is 33.3 Å². The molecule has 20 heavy (non-hydrogen) atoms. The highest BCUT2D eigenvalue weighted by Gasteiger charge is 2.31. The molecular weight excluding hydrogens is 354 g/mol. The van der Waals surface area contributed by atoms with Crippen LogP contribution in [0.5, 0.6) is 0 Å². The molecule has 0 spiro atoms. The van der Waals surface area contributed by atoms with Gasteiger partial charge in [0, 0.05) is 12.0 Å². The number of Topliss-reactive ketones (excluding diaryl/α,β-unsaturated/α-hetero) is 1. The van der Waals surface area contributed by atoms with Gasteiger partial charge in [-0.2, -0.15) is 8.78 Å². The Bertz CT molecular complexity index is 568. The van der Waals surface area contributed by atoms with E-state index in [1.807, 2.05) is 0 Å². The van der Waals surface area contributed by atoms with Gasteiger partial charge in [-0.25, -0.2) is 0 Å². The molecule has 0 aliphatic heterocycles. The van der Waals surface area contributed by atoms with Gasteiger partial charge in [0.1, 0.15) is 9.54 Å². The summed E-state index contributed by atoms with van der Waals surface area (Å²) in [5.41, 5.74) is 0.492. The molecule has 0 aromatic heterocycles. The Kier molecular flexibility index (Phi) is 4.60. The minimum absolute atomic E-state index is 0.0384. The first-order chi connectivity index (χ1) is 9.39. The number of hydrogen-bond acceptors (Lipinski definition) is 2. The summed E-state index contributed by atoms with van der Waals surface area (Å²) in [4.78, 5) is 12.3. The van der Waals surface area contributed by atoms with Crippen LogP contribution in [0, 0.1) is 0 Å². The predicted octanol–water partition coefficient (Wildman–Crippen LogP) is 4.65. The van der Waals surface area contributed by atoms with E-state index in [2.05, 4.69) is 20.7 Å². The fourth-order valence-electron chi connectivity index (χ4n) is 1.83. The number of halogens is 4. The number of ketones is 1. The standard InChI is InChI=1S/C14H10BrClF2O2/c15-14(16)7-6-10(11(8-14)20-13(17)18)12(19)9-4-2-1-3-5-9/h1-7,13H,8H2. The molecule has 0 amide bonds. The Balaban J connectivity index is 2.37. The predicted molar refractivity (Wildman–Crippen MR) is 76.2 cm³/mol. The zero-order valence-corrected chi connectivity index (χ0v) is 12.5. The fraction of sp³-hybridized carbons (Fsp3) is 0.214. The first kappa shape index (κ1) is 15.2. The maximum Gasteiger partial charge on any atom is 0.387 e. The monoisotopic (exact) mass is 362 g/mol. The van der Waals surface area contributed by atoms with Gasteiger partial charge in [-0.15, -0.1) is 11.6 Å². The second-order valence-electron chi connectivity index (χ2n) is 4.18. The molecule has 0 heterocycles. The summed E-state index contributed by atoms with van der Waals surface area (Å²) in [6, 6.07) is 8.38. The molecule has 1 aliphatic rings. The van der Waals surface area contributed by atoms with E-state index in [1.165, 1.54) is 12.2 Å². The molecule has 2 rings (SSSR count). The number of hydrogen-bond donors (Lipinski definition) is 0. The van der Waals surface area contributed by atoms with Crippen molar-refractivity contribution < 1.29 is 18.3 Å². The molecule has 1 aromatic carbocycles. The van der Waals surface area contributed by atoms with E-state index in [1.54, 1.807) is 30.3 Å². The summed E-state index contributed by atoms with van der Waals surface area (Å²) in [7, 11) is 0. The zero-order chi connectivity index (χ0) is 14.8. The highest BCUT2D eigenvalue weighted by Crippen LogP contribution is 2.39. The Morgan fingerprint density at radius 2 is 2.00 bits per heavy atom. The van der Waals surface area contributed by atoms with E-state index in [9.17, 15) is 13.6 Å². The maximum absolute atomic E-state index is 12.5. The van der Waals surface area contributed by atoms with Crippen molar-refractivity contribution in [2.24, 2.45) is 0 Å². The summed E-state index contributed by atoms with van der Waals surface area (Å²) in [5.74, 6) is -0.500. The molecule has 106 valence electrons. The number of rotatable bonds is 4. The van der Waals surface area contributed by atoms with E-state index < -0.39 is 10.4 Å². The molecule has 6 heteroatoms. The second kappa shape index (κ2) is 6.06. The average Bonchev–Trinajstić information content (AvgIpc) is 2.37. The van der Waals surface area contributed by atoms with Crippen LogP contribution < -0.4 is 0 Å². The Hall–Kier alpha value is -1.20. The van der Waals surface area contributed by atoms with Crippen molar-refractivity contribution in [2.45, 2.75) is 16.8 Å². The molecule has 1 atom stereocenters. The Morgan fingerprint density at radius 3 is 2.60 bits per heavy atom.